The molecule has 0 bridgehead atoms. The van der Waals surface area contributed by atoms with E-state index in [-0.39, 0.29) is 29.9 Å². The zero-order valence-corrected chi connectivity index (χ0v) is 21.6. The number of methoxy groups -OCH3 is 1. The molecule has 0 radical (unpaired) electrons. The number of carbonyl (C=O) groups is 2. The van der Waals surface area contributed by atoms with Crippen LogP contribution in [0.15, 0.2) is 48.5 Å². The Balaban J connectivity index is 1.88. The second-order valence-electron chi connectivity index (χ2n) is 9.44. The maximum absolute atomic E-state index is 13.4. The lowest BCUT2D eigenvalue weighted by molar-refractivity contribution is -0.115. The van der Waals surface area contributed by atoms with Crippen LogP contribution in [0.1, 0.15) is 43.1 Å². The van der Waals surface area contributed by atoms with Crippen LogP contribution < -0.4 is 10.1 Å². The molecule has 1 aliphatic rings. The van der Waals surface area contributed by atoms with Crippen LogP contribution in [0.5, 0.6) is 5.75 Å². The lowest BCUT2D eigenvalue weighted by Gasteiger charge is -2.36. The maximum atomic E-state index is 13.4. The Bertz CT molecular complexity index is 981. The maximum Gasteiger partial charge on any atom is 0.257 e. The van der Waals surface area contributed by atoms with Gasteiger partial charge in [0.05, 0.1) is 11.7 Å². The molecule has 7 heteroatoms. The smallest absolute Gasteiger partial charge is 0.257 e. The summed E-state index contributed by atoms with van der Waals surface area (Å²) in [5.74, 6) is 0.475. The van der Waals surface area contributed by atoms with E-state index in [1.54, 1.807) is 44.2 Å². The molecule has 0 fully saturated rings. The summed E-state index contributed by atoms with van der Waals surface area (Å²) >= 11 is 0. The van der Waals surface area contributed by atoms with Gasteiger partial charge in [0.25, 0.3) is 5.91 Å². The fourth-order valence-electron chi connectivity index (χ4n) is 4.41. The number of nitrogens with zero attached hydrogens (tertiary/aromatic N) is 2. The third-order valence-corrected chi connectivity index (χ3v) is 6.71. The summed E-state index contributed by atoms with van der Waals surface area (Å²) in [7, 11) is 3.49. The van der Waals surface area contributed by atoms with Gasteiger partial charge in [-0.1, -0.05) is 44.2 Å². The molecular formula is C28H39N3O4. The molecule has 0 saturated heterocycles. The standard InChI is InChI=1S/C28H39N3O4/c1-6-27(32)29-23-12-13-25-24(16-23)28(33)30(4)18-26(34-5)20(2)17-31(21(3)19-35-25)15-14-22-10-8-7-9-11-22/h7-13,16,20-21,26H,6,14-15,17-19H2,1-5H3,(H,29,32)/t20-,21+,26-/m0/s1. The summed E-state index contributed by atoms with van der Waals surface area (Å²) in [5, 5.41) is 2.84. The highest BCUT2D eigenvalue weighted by atomic mass is 16.5. The molecule has 2 aromatic carbocycles. The summed E-state index contributed by atoms with van der Waals surface area (Å²) in [4.78, 5) is 29.4. The summed E-state index contributed by atoms with van der Waals surface area (Å²) in [6.45, 7) is 8.78. The monoisotopic (exact) mass is 481 g/mol. The van der Waals surface area contributed by atoms with E-state index < -0.39 is 0 Å². The topological polar surface area (TPSA) is 71.1 Å². The van der Waals surface area contributed by atoms with Crippen molar-refractivity contribution in [2.75, 3.05) is 45.7 Å². The number of fused-ring (bicyclic) bond motifs is 1. The number of amides is 2. The number of rotatable bonds is 6. The molecule has 2 amide bonds. The lowest BCUT2D eigenvalue weighted by atomic mass is 10.0. The first-order valence-electron chi connectivity index (χ1n) is 12.4. The minimum atomic E-state index is -0.156. The van der Waals surface area contributed by atoms with Crippen molar-refractivity contribution in [1.82, 2.24) is 9.80 Å². The molecule has 0 saturated carbocycles. The molecule has 3 atom stereocenters. The van der Waals surface area contributed by atoms with E-state index in [1.165, 1.54) is 5.56 Å². The van der Waals surface area contributed by atoms with Crippen LogP contribution in [-0.4, -0.2) is 74.2 Å². The fraction of sp³-hybridized carbons (Fsp3) is 0.500. The quantitative estimate of drug-likeness (QED) is 0.673. The minimum absolute atomic E-state index is 0.101. The predicted molar refractivity (Wildman–Crippen MR) is 139 cm³/mol. The van der Waals surface area contributed by atoms with Gasteiger partial charge in [0.1, 0.15) is 12.4 Å². The van der Waals surface area contributed by atoms with Crippen molar-refractivity contribution in [3.8, 4) is 5.75 Å². The predicted octanol–water partition coefficient (Wildman–Crippen LogP) is 4.08. The average Bonchev–Trinajstić information content (AvgIpc) is 2.87. The molecular weight excluding hydrogens is 442 g/mol. The van der Waals surface area contributed by atoms with Crippen molar-refractivity contribution in [3.63, 3.8) is 0 Å². The molecule has 1 aliphatic heterocycles. The van der Waals surface area contributed by atoms with E-state index in [4.69, 9.17) is 9.47 Å². The van der Waals surface area contributed by atoms with Gasteiger partial charge in [-0.15, -0.1) is 0 Å². The number of nitrogens with one attached hydrogen (secondary N) is 1. The van der Waals surface area contributed by atoms with Gasteiger partial charge in [-0.05, 0) is 43.0 Å². The van der Waals surface area contributed by atoms with E-state index in [2.05, 4.69) is 48.3 Å². The van der Waals surface area contributed by atoms with Crippen molar-refractivity contribution < 1.29 is 19.1 Å². The second kappa shape index (κ2) is 12.7. The first-order chi connectivity index (χ1) is 16.8. The number of hydrogen-bond acceptors (Lipinski definition) is 5. The van der Waals surface area contributed by atoms with Crippen molar-refractivity contribution in [3.05, 3.63) is 59.7 Å². The molecule has 7 nitrogen and oxygen atoms in total. The Morgan fingerprint density at radius 3 is 2.57 bits per heavy atom. The fourth-order valence-corrected chi connectivity index (χ4v) is 4.41. The van der Waals surface area contributed by atoms with Gasteiger partial charge in [-0.25, -0.2) is 0 Å². The first-order valence-corrected chi connectivity index (χ1v) is 12.4. The molecule has 35 heavy (non-hydrogen) atoms. The van der Waals surface area contributed by atoms with E-state index >= 15 is 0 Å². The van der Waals surface area contributed by atoms with E-state index in [0.717, 1.165) is 19.5 Å². The Labute approximate surface area is 209 Å². The van der Waals surface area contributed by atoms with Crippen LogP contribution >= 0.6 is 0 Å². The van der Waals surface area contributed by atoms with Crippen LogP contribution in [-0.2, 0) is 16.0 Å². The number of anilines is 1. The average molecular weight is 482 g/mol. The largest absolute Gasteiger partial charge is 0.491 e. The summed E-state index contributed by atoms with van der Waals surface area (Å²) in [5.41, 5.74) is 2.33. The molecule has 0 aliphatic carbocycles. The number of likely N-dealkylation sites (N-methyl/N-ethyl adjacent to an activating group) is 1. The van der Waals surface area contributed by atoms with Crippen LogP contribution in [0.25, 0.3) is 0 Å². The highest BCUT2D eigenvalue weighted by Gasteiger charge is 2.28. The van der Waals surface area contributed by atoms with Gasteiger partial charge in [-0.2, -0.15) is 0 Å². The summed E-state index contributed by atoms with van der Waals surface area (Å²) < 4.78 is 12.1. The van der Waals surface area contributed by atoms with Crippen LogP contribution in [0.2, 0.25) is 0 Å². The van der Waals surface area contributed by atoms with Gasteiger partial charge < -0.3 is 19.7 Å². The second-order valence-corrected chi connectivity index (χ2v) is 9.44. The van der Waals surface area contributed by atoms with Crippen molar-refractivity contribution in [2.45, 2.75) is 45.8 Å². The molecule has 1 heterocycles. The zero-order valence-electron chi connectivity index (χ0n) is 21.6. The normalized spacial score (nSPS) is 21.9. The lowest BCUT2D eigenvalue weighted by Crippen LogP contribution is -2.47. The number of benzene rings is 2. The van der Waals surface area contributed by atoms with Crippen LogP contribution in [0, 0.1) is 5.92 Å². The molecule has 0 unspecified atom stereocenters. The van der Waals surface area contributed by atoms with Gasteiger partial charge >= 0.3 is 0 Å². The Morgan fingerprint density at radius 1 is 1.14 bits per heavy atom. The molecule has 1 N–H and O–H groups in total. The van der Waals surface area contributed by atoms with Crippen LogP contribution in [0.4, 0.5) is 5.69 Å². The third kappa shape index (κ3) is 7.29. The summed E-state index contributed by atoms with van der Waals surface area (Å²) in [6, 6.07) is 15.9. The van der Waals surface area contributed by atoms with Gasteiger partial charge in [0.15, 0.2) is 0 Å². The van der Waals surface area contributed by atoms with Crippen molar-refractivity contribution >= 4 is 17.5 Å². The van der Waals surface area contributed by atoms with Crippen molar-refractivity contribution in [1.29, 1.82) is 0 Å². The number of hydrogen-bond donors (Lipinski definition) is 1. The Morgan fingerprint density at radius 2 is 1.89 bits per heavy atom. The van der Waals surface area contributed by atoms with E-state index in [0.29, 0.717) is 36.6 Å². The van der Waals surface area contributed by atoms with Crippen molar-refractivity contribution in [2.24, 2.45) is 5.92 Å². The molecule has 190 valence electrons. The number of carbonyl (C=O) groups excluding carboxylic acids is 2. The molecule has 3 rings (SSSR count). The molecule has 2 aromatic rings. The minimum Gasteiger partial charge on any atom is -0.491 e. The first kappa shape index (κ1) is 26.7. The third-order valence-electron chi connectivity index (χ3n) is 6.71. The Hall–Kier alpha value is -2.90. The zero-order chi connectivity index (χ0) is 25.4. The van der Waals surface area contributed by atoms with Gasteiger partial charge in [0, 0.05) is 51.9 Å². The summed E-state index contributed by atoms with van der Waals surface area (Å²) in [6.07, 6.45) is 1.21. The highest BCUT2D eigenvalue weighted by Crippen LogP contribution is 2.26. The highest BCUT2D eigenvalue weighted by molar-refractivity contribution is 5.99. The SMILES string of the molecule is CCC(=O)Nc1ccc2c(c1)C(=O)N(C)C[C@H](OC)[C@@H](C)CN(CCc1ccccc1)[C@H](C)CO2. The van der Waals surface area contributed by atoms with Crippen LogP contribution in [0.3, 0.4) is 0 Å². The van der Waals surface area contributed by atoms with Gasteiger partial charge in [0.2, 0.25) is 5.91 Å². The van der Waals surface area contributed by atoms with E-state index in [9.17, 15) is 9.59 Å². The van der Waals surface area contributed by atoms with Gasteiger partial charge in [-0.3, -0.25) is 14.5 Å². The Kier molecular flexibility index (Phi) is 9.69. The molecule has 0 aromatic heterocycles. The van der Waals surface area contributed by atoms with E-state index in [1.807, 2.05) is 6.07 Å². The number of ether oxygens (including phenoxy) is 2. The molecule has 0 spiro atoms.